The van der Waals surface area contributed by atoms with E-state index in [2.05, 4.69) is 9.97 Å². The molecule has 0 saturated carbocycles. The van der Waals surface area contributed by atoms with Crippen molar-refractivity contribution < 1.29 is 9.90 Å². The van der Waals surface area contributed by atoms with E-state index in [-0.39, 0.29) is 5.56 Å². The lowest BCUT2D eigenvalue weighted by Gasteiger charge is -2.19. The van der Waals surface area contributed by atoms with Crippen molar-refractivity contribution in [2.24, 2.45) is 0 Å². The van der Waals surface area contributed by atoms with Crippen molar-refractivity contribution in [3.05, 3.63) is 47.3 Å². The Morgan fingerprint density at radius 2 is 1.79 bits per heavy atom. The van der Waals surface area contributed by atoms with E-state index in [0.29, 0.717) is 11.6 Å². The Hall–Kier alpha value is -2.43. The van der Waals surface area contributed by atoms with Crippen molar-refractivity contribution >= 4 is 17.6 Å². The van der Waals surface area contributed by atoms with Crippen LogP contribution in [0.2, 0.25) is 0 Å². The molecule has 0 radical (unpaired) electrons. The maximum atomic E-state index is 10.9. The van der Waals surface area contributed by atoms with E-state index in [4.69, 9.17) is 0 Å². The van der Waals surface area contributed by atoms with Gasteiger partial charge in [0.25, 0.3) is 0 Å². The summed E-state index contributed by atoms with van der Waals surface area (Å²) in [4.78, 5) is 21.3. The second-order valence-electron chi connectivity index (χ2n) is 4.35. The lowest BCUT2D eigenvalue weighted by Crippen LogP contribution is -2.22. The van der Waals surface area contributed by atoms with E-state index in [0.717, 1.165) is 11.4 Å². The van der Waals surface area contributed by atoms with Gasteiger partial charge >= 0.3 is 0 Å². The topological polar surface area (TPSA) is 69.2 Å². The molecule has 0 unspecified atom stereocenters. The first-order chi connectivity index (χ1) is 8.97. The number of nitrogens with zero attached hydrogens (tertiary/aromatic N) is 3. The van der Waals surface area contributed by atoms with Crippen LogP contribution in [0.5, 0.6) is 0 Å². The summed E-state index contributed by atoms with van der Waals surface area (Å²) in [5, 5.41) is 10.9. The molecule has 0 aliphatic carbocycles. The van der Waals surface area contributed by atoms with Crippen LogP contribution >= 0.6 is 0 Å². The zero-order valence-corrected chi connectivity index (χ0v) is 11.0. The van der Waals surface area contributed by atoms with Crippen LogP contribution in [0.3, 0.4) is 0 Å². The van der Waals surface area contributed by atoms with Gasteiger partial charge in [0.15, 0.2) is 0 Å². The maximum Gasteiger partial charge on any atom is 0.230 e. The molecule has 1 aromatic heterocycles. The second-order valence-corrected chi connectivity index (χ2v) is 4.35. The fourth-order valence-electron chi connectivity index (χ4n) is 1.81. The van der Waals surface area contributed by atoms with Gasteiger partial charge in [-0.1, -0.05) is 12.1 Å². The van der Waals surface area contributed by atoms with Gasteiger partial charge in [0.2, 0.25) is 5.95 Å². The number of carboxylic acid groups (broad SMARTS) is 1. The molecule has 0 amide bonds. The van der Waals surface area contributed by atoms with Crippen LogP contribution < -0.4 is 10.0 Å². The summed E-state index contributed by atoms with van der Waals surface area (Å²) in [7, 11) is 1.79. The summed E-state index contributed by atoms with van der Waals surface area (Å²) in [6, 6.07) is 8.38. The van der Waals surface area contributed by atoms with Gasteiger partial charge in [-0.3, -0.25) is 0 Å². The van der Waals surface area contributed by atoms with Crippen molar-refractivity contribution in [3.8, 4) is 0 Å². The van der Waals surface area contributed by atoms with Gasteiger partial charge in [0, 0.05) is 24.1 Å². The lowest BCUT2D eigenvalue weighted by molar-refractivity contribution is -0.255. The number of rotatable bonds is 3. The molecule has 0 bridgehead atoms. The van der Waals surface area contributed by atoms with Crippen molar-refractivity contribution in [2.75, 3.05) is 11.9 Å². The third-order valence-corrected chi connectivity index (χ3v) is 2.74. The second kappa shape index (κ2) is 5.06. The predicted octanol–water partition coefficient (Wildman–Crippen LogP) is 1.22. The first kappa shape index (κ1) is 13.0. The molecule has 0 N–H and O–H groups in total. The Labute approximate surface area is 111 Å². The van der Waals surface area contributed by atoms with Crippen molar-refractivity contribution in [1.82, 2.24) is 9.97 Å². The fourth-order valence-corrected chi connectivity index (χ4v) is 1.81. The van der Waals surface area contributed by atoms with Gasteiger partial charge in [0.05, 0.1) is 5.97 Å². The van der Waals surface area contributed by atoms with E-state index in [9.17, 15) is 9.90 Å². The number of aromatic nitrogens is 2. The third kappa shape index (κ3) is 2.88. The summed E-state index contributed by atoms with van der Waals surface area (Å²) >= 11 is 0. The van der Waals surface area contributed by atoms with Crippen LogP contribution in [0, 0.1) is 13.8 Å². The molecule has 19 heavy (non-hydrogen) atoms. The number of hydrogen-bond acceptors (Lipinski definition) is 5. The van der Waals surface area contributed by atoms with Crippen LogP contribution in [-0.2, 0) is 0 Å². The van der Waals surface area contributed by atoms with Gasteiger partial charge in [-0.15, -0.1) is 0 Å². The van der Waals surface area contributed by atoms with Gasteiger partial charge in [-0.05, 0) is 37.6 Å². The van der Waals surface area contributed by atoms with E-state index in [1.54, 1.807) is 24.1 Å². The lowest BCUT2D eigenvalue weighted by atomic mass is 10.2. The smallest absolute Gasteiger partial charge is 0.230 e. The zero-order chi connectivity index (χ0) is 14.0. The normalized spacial score (nSPS) is 10.3. The zero-order valence-electron chi connectivity index (χ0n) is 11.0. The van der Waals surface area contributed by atoms with Crippen molar-refractivity contribution in [1.29, 1.82) is 0 Å². The average molecular weight is 256 g/mol. The Morgan fingerprint density at radius 1 is 1.16 bits per heavy atom. The number of anilines is 2. The third-order valence-electron chi connectivity index (χ3n) is 2.74. The molecule has 5 nitrogen and oxygen atoms in total. The first-order valence-corrected chi connectivity index (χ1v) is 5.85. The summed E-state index contributed by atoms with van der Waals surface area (Å²) < 4.78 is 0. The van der Waals surface area contributed by atoms with Crippen molar-refractivity contribution in [2.45, 2.75) is 13.8 Å². The molecule has 0 aliphatic rings. The number of aryl methyl sites for hydroxylation is 2. The fraction of sp³-hybridized carbons (Fsp3) is 0.214. The van der Waals surface area contributed by atoms with Gasteiger partial charge in [-0.2, -0.15) is 0 Å². The summed E-state index contributed by atoms with van der Waals surface area (Å²) in [6.07, 6.45) is 0. The highest BCUT2D eigenvalue weighted by Gasteiger charge is 2.09. The van der Waals surface area contributed by atoms with Crippen LogP contribution in [0.4, 0.5) is 11.6 Å². The molecule has 0 atom stereocenters. The quantitative estimate of drug-likeness (QED) is 0.826. The van der Waals surface area contributed by atoms with E-state index < -0.39 is 5.97 Å². The number of benzene rings is 1. The minimum Gasteiger partial charge on any atom is -0.545 e. The monoisotopic (exact) mass is 256 g/mol. The number of carbonyl (C=O) groups excluding carboxylic acids is 1. The van der Waals surface area contributed by atoms with Crippen molar-refractivity contribution in [3.63, 3.8) is 0 Å². The van der Waals surface area contributed by atoms with E-state index in [1.807, 2.05) is 19.9 Å². The van der Waals surface area contributed by atoms with Crippen LogP contribution in [0.1, 0.15) is 21.7 Å². The Balaban J connectivity index is 2.40. The summed E-state index contributed by atoms with van der Waals surface area (Å²) in [6.45, 7) is 3.78. The number of aromatic carboxylic acids is 1. The van der Waals surface area contributed by atoms with Crippen LogP contribution in [0.15, 0.2) is 30.3 Å². The highest BCUT2D eigenvalue weighted by molar-refractivity contribution is 5.87. The molecule has 2 rings (SSSR count). The van der Waals surface area contributed by atoms with E-state index >= 15 is 0 Å². The molecule has 2 aromatic rings. The molecular weight excluding hydrogens is 242 g/mol. The minimum atomic E-state index is -1.20. The Kier molecular flexibility index (Phi) is 3.46. The molecular formula is C14H14N3O2-. The highest BCUT2D eigenvalue weighted by atomic mass is 16.4. The van der Waals surface area contributed by atoms with E-state index in [1.165, 1.54) is 12.1 Å². The van der Waals surface area contributed by atoms with Gasteiger partial charge in [0.1, 0.15) is 0 Å². The maximum absolute atomic E-state index is 10.9. The van der Waals surface area contributed by atoms with Crippen LogP contribution in [-0.4, -0.2) is 23.0 Å². The van der Waals surface area contributed by atoms with Gasteiger partial charge in [-0.25, -0.2) is 9.97 Å². The minimum absolute atomic E-state index is 0.133. The molecule has 1 heterocycles. The number of carbonyl (C=O) groups is 1. The number of hydrogen-bond donors (Lipinski definition) is 0. The SMILES string of the molecule is Cc1cc(C)nc(N(C)c2cccc(C(=O)[O-])c2)n1. The molecule has 0 fully saturated rings. The summed E-state index contributed by atoms with van der Waals surface area (Å²) in [5.41, 5.74) is 2.57. The molecule has 5 heteroatoms. The standard InChI is InChI=1S/C14H15N3O2/c1-9-7-10(2)16-14(15-9)17(3)12-6-4-5-11(8-12)13(18)19/h4-8H,1-3H3,(H,18,19)/p-1. The predicted molar refractivity (Wildman–Crippen MR) is 70.3 cm³/mol. The number of carboxylic acids is 1. The molecule has 0 saturated heterocycles. The Morgan fingerprint density at radius 3 is 2.37 bits per heavy atom. The van der Waals surface area contributed by atoms with Gasteiger partial charge < -0.3 is 14.8 Å². The highest BCUT2D eigenvalue weighted by Crippen LogP contribution is 2.21. The molecule has 98 valence electrons. The Bertz CT molecular complexity index is 606. The summed E-state index contributed by atoms with van der Waals surface area (Å²) in [5.74, 6) is -0.662. The largest absolute Gasteiger partial charge is 0.545 e. The van der Waals surface area contributed by atoms with Crippen LogP contribution in [0.25, 0.3) is 0 Å². The molecule has 1 aromatic carbocycles. The molecule has 0 aliphatic heterocycles. The average Bonchev–Trinajstić information content (AvgIpc) is 2.37. The first-order valence-electron chi connectivity index (χ1n) is 5.85. The molecule has 0 spiro atoms.